The number of esters is 1. The molecule has 2 aromatic carbocycles. The van der Waals surface area contributed by atoms with E-state index in [1.807, 2.05) is 24.3 Å². The lowest BCUT2D eigenvalue weighted by atomic mass is 10.1. The zero-order valence-corrected chi connectivity index (χ0v) is 16.3. The molecule has 0 saturated carbocycles. The van der Waals surface area contributed by atoms with Crippen molar-refractivity contribution in [1.82, 2.24) is 9.97 Å². The summed E-state index contributed by atoms with van der Waals surface area (Å²) >= 11 is 0. The quantitative estimate of drug-likeness (QED) is 0.587. The van der Waals surface area contributed by atoms with Gasteiger partial charge >= 0.3 is 5.97 Å². The Balaban J connectivity index is 1.76. The molecule has 0 aliphatic heterocycles. The van der Waals surface area contributed by atoms with Gasteiger partial charge in [-0.3, -0.25) is 4.79 Å². The molecular weight excluding hydrogens is 368 g/mol. The number of carbonyl (C=O) groups excluding carboxylic acids is 2. The van der Waals surface area contributed by atoms with Crippen LogP contribution in [0.15, 0.2) is 60.8 Å². The highest BCUT2D eigenvalue weighted by Crippen LogP contribution is 2.20. The van der Waals surface area contributed by atoms with E-state index in [0.717, 1.165) is 6.42 Å². The summed E-state index contributed by atoms with van der Waals surface area (Å²) in [6.07, 6.45) is 2.42. The van der Waals surface area contributed by atoms with E-state index in [1.54, 1.807) is 31.2 Å². The van der Waals surface area contributed by atoms with Crippen molar-refractivity contribution in [2.75, 3.05) is 17.2 Å². The van der Waals surface area contributed by atoms with Crippen LogP contribution in [-0.4, -0.2) is 28.5 Å². The molecule has 0 aliphatic carbocycles. The largest absolute Gasteiger partial charge is 0.462 e. The van der Waals surface area contributed by atoms with Crippen LogP contribution in [0.2, 0.25) is 0 Å². The maximum Gasteiger partial charge on any atom is 0.340 e. The van der Waals surface area contributed by atoms with Crippen LogP contribution in [0.1, 0.15) is 40.3 Å². The maximum absolute atomic E-state index is 12.5. The van der Waals surface area contributed by atoms with Gasteiger partial charge in [-0.25, -0.2) is 14.8 Å². The van der Waals surface area contributed by atoms with Gasteiger partial charge in [0.25, 0.3) is 5.91 Å². The Labute approximate surface area is 169 Å². The molecule has 7 heteroatoms. The van der Waals surface area contributed by atoms with E-state index in [4.69, 9.17) is 4.74 Å². The molecule has 0 bridgehead atoms. The molecular formula is C22H22N4O3. The summed E-state index contributed by atoms with van der Waals surface area (Å²) in [6.45, 7) is 4.09. The zero-order valence-electron chi connectivity index (χ0n) is 16.3. The van der Waals surface area contributed by atoms with Gasteiger partial charge in [-0.15, -0.1) is 0 Å². The van der Waals surface area contributed by atoms with Crippen molar-refractivity contribution in [2.24, 2.45) is 0 Å². The molecule has 3 rings (SSSR count). The second-order valence-corrected chi connectivity index (χ2v) is 6.16. The van der Waals surface area contributed by atoms with Crippen LogP contribution in [0.3, 0.4) is 0 Å². The highest BCUT2D eigenvalue weighted by atomic mass is 16.5. The number of anilines is 3. The Morgan fingerprint density at radius 1 is 1.00 bits per heavy atom. The number of carbonyl (C=O) groups is 2. The summed E-state index contributed by atoms with van der Waals surface area (Å²) in [5, 5.41) is 5.80. The molecule has 0 atom stereocenters. The van der Waals surface area contributed by atoms with Crippen LogP contribution < -0.4 is 10.6 Å². The number of amides is 1. The van der Waals surface area contributed by atoms with Gasteiger partial charge < -0.3 is 15.4 Å². The maximum atomic E-state index is 12.5. The summed E-state index contributed by atoms with van der Waals surface area (Å²) in [6, 6.07) is 16.1. The van der Waals surface area contributed by atoms with Crippen molar-refractivity contribution in [2.45, 2.75) is 20.3 Å². The predicted octanol–water partition coefficient (Wildman–Crippen LogP) is 4.21. The minimum absolute atomic E-state index is 0.204. The van der Waals surface area contributed by atoms with E-state index in [9.17, 15) is 9.59 Å². The molecule has 148 valence electrons. The van der Waals surface area contributed by atoms with E-state index in [0.29, 0.717) is 16.9 Å². The highest BCUT2D eigenvalue weighted by Gasteiger charge is 2.14. The van der Waals surface area contributed by atoms with Crippen molar-refractivity contribution in [3.63, 3.8) is 0 Å². The molecule has 3 aromatic rings. The van der Waals surface area contributed by atoms with Crippen LogP contribution in [-0.2, 0) is 11.2 Å². The zero-order chi connectivity index (χ0) is 20.6. The standard InChI is InChI=1S/C22H22N4O3/c1-3-15-9-11-16(12-10-15)24-20(27)19-13-14-23-22(26-19)25-18-8-6-5-7-17(18)21(28)29-4-2/h5-14H,3-4H2,1-2H3,(H,24,27)(H,23,25,26). The van der Waals surface area contributed by atoms with Gasteiger partial charge in [-0.1, -0.05) is 31.2 Å². The summed E-state index contributed by atoms with van der Waals surface area (Å²) < 4.78 is 5.07. The Bertz CT molecular complexity index is 1000. The molecule has 2 N–H and O–H groups in total. The number of para-hydroxylation sites is 1. The van der Waals surface area contributed by atoms with Crippen LogP contribution >= 0.6 is 0 Å². The smallest absolute Gasteiger partial charge is 0.340 e. The minimum atomic E-state index is -0.444. The number of hydrogen-bond donors (Lipinski definition) is 2. The molecule has 0 fully saturated rings. The third-order valence-corrected chi connectivity index (χ3v) is 4.18. The third-order valence-electron chi connectivity index (χ3n) is 4.18. The fraction of sp³-hybridized carbons (Fsp3) is 0.182. The number of benzene rings is 2. The normalized spacial score (nSPS) is 10.3. The molecule has 29 heavy (non-hydrogen) atoms. The van der Waals surface area contributed by atoms with Gasteiger partial charge in [0, 0.05) is 11.9 Å². The van der Waals surface area contributed by atoms with E-state index < -0.39 is 5.97 Å². The lowest BCUT2D eigenvalue weighted by Crippen LogP contribution is -2.15. The first-order chi connectivity index (χ1) is 14.1. The molecule has 0 spiro atoms. The van der Waals surface area contributed by atoms with Gasteiger partial charge in [0.05, 0.1) is 17.9 Å². The second-order valence-electron chi connectivity index (χ2n) is 6.16. The summed E-state index contributed by atoms with van der Waals surface area (Å²) in [5.41, 5.74) is 2.95. The second kappa shape index (κ2) is 9.45. The van der Waals surface area contributed by atoms with Crippen molar-refractivity contribution in [3.8, 4) is 0 Å². The number of aryl methyl sites for hydroxylation is 1. The summed E-state index contributed by atoms with van der Waals surface area (Å²) in [5.74, 6) is -0.589. The first kappa shape index (κ1) is 20.0. The third kappa shape index (κ3) is 5.16. The van der Waals surface area contributed by atoms with E-state index >= 15 is 0 Å². The van der Waals surface area contributed by atoms with Gasteiger partial charge in [0.15, 0.2) is 0 Å². The van der Waals surface area contributed by atoms with Gasteiger partial charge in [-0.2, -0.15) is 0 Å². The molecule has 0 unspecified atom stereocenters. The Hall–Kier alpha value is -3.74. The Morgan fingerprint density at radius 2 is 1.76 bits per heavy atom. The Morgan fingerprint density at radius 3 is 2.48 bits per heavy atom. The summed E-state index contributed by atoms with van der Waals surface area (Å²) in [7, 11) is 0. The molecule has 0 radical (unpaired) electrons. The van der Waals surface area contributed by atoms with E-state index in [-0.39, 0.29) is 24.2 Å². The number of rotatable bonds is 7. The Kier molecular flexibility index (Phi) is 6.52. The van der Waals surface area contributed by atoms with Gasteiger partial charge in [0.1, 0.15) is 5.69 Å². The van der Waals surface area contributed by atoms with Crippen LogP contribution in [0, 0.1) is 0 Å². The average molecular weight is 390 g/mol. The SMILES string of the molecule is CCOC(=O)c1ccccc1Nc1nccc(C(=O)Nc2ccc(CC)cc2)n1. The van der Waals surface area contributed by atoms with Crippen LogP contribution in [0.4, 0.5) is 17.3 Å². The number of nitrogens with zero attached hydrogens (tertiary/aromatic N) is 2. The van der Waals surface area contributed by atoms with E-state index in [1.165, 1.54) is 17.8 Å². The number of hydrogen-bond acceptors (Lipinski definition) is 6. The van der Waals surface area contributed by atoms with Crippen molar-refractivity contribution < 1.29 is 14.3 Å². The van der Waals surface area contributed by atoms with Crippen LogP contribution in [0.25, 0.3) is 0 Å². The molecule has 0 aliphatic rings. The minimum Gasteiger partial charge on any atom is -0.462 e. The van der Waals surface area contributed by atoms with Gasteiger partial charge in [-0.05, 0) is 49.2 Å². The topological polar surface area (TPSA) is 93.2 Å². The molecule has 1 amide bonds. The number of nitrogens with one attached hydrogen (secondary N) is 2. The highest BCUT2D eigenvalue weighted by molar-refractivity contribution is 6.03. The fourth-order valence-electron chi connectivity index (χ4n) is 2.66. The van der Waals surface area contributed by atoms with Crippen molar-refractivity contribution in [3.05, 3.63) is 77.6 Å². The number of ether oxygens (including phenoxy) is 1. The molecule has 7 nitrogen and oxygen atoms in total. The van der Waals surface area contributed by atoms with Crippen molar-refractivity contribution in [1.29, 1.82) is 0 Å². The monoisotopic (exact) mass is 390 g/mol. The first-order valence-corrected chi connectivity index (χ1v) is 9.37. The van der Waals surface area contributed by atoms with E-state index in [2.05, 4.69) is 27.5 Å². The molecule has 0 saturated heterocycles. The first-order valence-electron chi connectivity index (χ1n) is 9.37. The fourth-order valence-corrected chi connectivity index (χ4v) is 2.66. The van der Waals surface area contributed by atoms with Gasteiger partial charge in [0.2, 0.25) is 5.95 Å². The predicted molar refractivity (Wildman–Crippen MR) is 111 cm³/mol. The molecule has 1 aromatic heterocycles. The molecule has 1 heterocycles. The van der Waals surface area contributed by atoms with Crippen molar-refractivity contribution >= 4 is 29.2 Å². The van der Waals surface area contributed by atoms with Crippen LogP contribution in [0.5, 0.6) is 0 Å². The lowest BCUT2D eigenvalue weighted by molar-refractivity contribution is 0.0527. The summed E-state index contributed by atoms with van der Waals surface area (Å²) in [4.78, 5) is 33.0. The number of aromatic nitrogens is 2. The lowest BCUT2D eigenvalue weighted by Gasteiger charge is -2.11. The average Bonchev–Trinajstić information content (AvgIpc) is 2.75.